The number of carbonyl (C=O) groups excluding carboxylic acids is 1. The zero-order valence-electron chi connectivity index (χ0n) is 12.5. The molecule has 0 aliphatic heterocycles. The standard InChI is InChI=1S/C16H15ClN4O/c1-9-8-11(14-10(2)20-21(3)15(14)18-9)16(22)19-13-7-5-4-6-12(13)17/h4-8H,1-3H3,(H,19,22). The normalized spacial score (nSPS) is 10.9. The molecule has 112 valence electrons. The van der Waals surface area contributed by atoms with Crippen LogP contribution in [0.2, 0.25) is 5.02 Å². The highest BCUT2D eigenvalue weighted by Gasteiger charge is 2.18. The van der Waals surface area contributed by atoms with Crippen molar-refractivity contribution in [1.29, 1.82) is 0 Å². The van der Waals surface area contributed by atoms with Gasteiger partial charge in [0.2, 0.25) is 0 Å². The average molecular weight is 315 g/mol. The fourth-order valence-electron chi connectivity index (χ4n) is 2.50. The zero-order valence-corrected chi connectivity index (χ0v) is 13.3. The van der Waals surface area contributed by atoms with Gasteiger partial charge in [-0.05, 0) is 32.0 Å². The monoisotopic (exact) mass is 314 g/mol. The molecule has 1 amide bonds. The van der Waals surface area contributed by atoms with E-state index in [1.807, 2.05) is 33.0 Å². The summed E-state index contributed by atoms with van der Waals surface area (Å²) in [5.74, 6) is -0.222. The van der Waals surface area contributed by atoms with Crippen molar-refractivity contribution in [3.05, 3.63) is 52.3 Å². The van der Waals surface area contributed by atoms with E-state index in [9.17, 15) is 4.79 Å². The molecule has 22 heavy (non-hydrogen) atoms. The maximum absolute atomic E-state index is 12.7. The van der Waals surface area contributed by atoms with Crippen LogP contribution < -0.4 is 5.32 Å². The number of halogens is 1. The summed E-state index contributed by atoms with van der Waals surface area (Å²) < 4.78 is 1.68. The molecule has 0 bridgehead atoms. The number of amides is 1. The summed E-state index contributed by atoms with van der Waals surface area (Å²) >= 11 is 6.10. The molecule has 0 unspecified atom stereocenters. The molecule has 0 fully saturated rings. The van der Waals surface area contributed by atoms with Crippen LogP contribution in [0.5, 0.6) is 0 Å². The van der Waals surface area contributed by atoms with Crippen molar-refractivity contribution in [3.63, 3.8) is 0 Å². The molecule has 3 rings (SSSR count). The van der Waals surface area contributed by atoms with Crippen LogP contribution in [0.25, 0.3) is 11.0 Å². The number of nitrogens with zero attached hydrogens (tertiary/aromatic N) is 3. The molecule has 1 aromatic carbocycles. The molecule has 5 nitrogen and oxygen atoms in total. The van der Waals surface area contributed by atoms with E-state index in [4.69, 9.17) is 11.6 Å². The first-order chi connectivity index (χ1) is 10.5. The molecule has 0 saturated heterocycles. The summed E-state index contributed by atoms with van der Waals surface area (Å²) in [7, 11) is 1.82. The highest BCUT2D eigenvalue weighted by atomic mass is 35.5. The van der Waals surface area contributed by atoms with Gasteiger partial charge in [0.05, 0.1) is 27.4 Å². The minimum absolute atomic E-state index is 0.222. The van der Waals surface area contributed by atoms with E-state index < -0.39 is 0 Å². The second kappa shape index (κ2) is 5.42. The molecular formula is C16H15ClN4O. The van der Waals surface area contributed by atoms with Crippen LogP contribution in [0, 0.1) is 13.8 Å². The first kappa shape index (κ1) is 14.5. The van der Waals surface area contributed by atoms with Gasteiger partial charge in [0.1, 0.15) is 0 Å². The first-order valence-electron chi connectivity index (χ1n) is 6.84. The first-order valence-corrected chi connectivity index (χ1v) is 7.22. The van der Waals surface area contributed by atoms with Gasteiger partial charge in [0.15, 0.2) is 5.65 Å². The number of para-hydroxylation sites is 1. The highest BCUT2D eigenvalue weighted by Crippen LogP contribution is 2.25. The van der Waals surface area contributed by atoms with Gasteiger partial charge < -0.3 is 5.32 Å². The van der Waals surface area contributed by atoms with E-state index in [1.165, 1.54) is 0 Å². The second-order valence-electron chi connectivity index (χ2n) is 5.15. The van der Waals surface area contributed by atoms with Crippen LogP contribution in [-0.2, 0) is 7.05 Å². The molecule has 0 radical (unpaired) electrons. The predicted octanol–water partition coefficient (Wildman–Crippen LogP) is 3.49. The van der Waals surface area contributed by atoms with Gasteiger partial charge in [-0.2, -0.15) is 5.10 Å². The van der Waals surface area contributed by atoms with Gasteiger partial charge in [-0.1, -0.05) is 23.7 Å². The summed E-state index contributed by atoms with van der Waals surface area (Å²) in [6.07, 6.45) is 0. The maximum atomic E-state index is 12.7. The number of nitrogens with one attached hydrogen (secondary N) is 1. The fourth-order valence-corrected chi connectivity index (χ4v) is 2.68. The maximum Gasteiger partial charge on any atom is 0.256 e. The van der Waals surface area contributed by atoms with Crippen LogP contribution in [0.4, 0.5) is 5.69 Å². The Labute approximate surface area is 132 Å². The lowest BCUT2D eigenvalue weighted by atomic mass is 10.1. The Kier molecular flexibility index (Phi) is 3.58. The molecule has 2 heterocycles. The third-order valence-corrected chi connectivity index (χ3v) is 3.79. The van der Waals surface area contributed by atoms with E-state index in [0.29, 0.717) is 21.9 Å². The van der Waals surface area contributed by atoms with Gasteiger partial charge in [-0.15, -0.1) is 0 Å². The molecule has 6 heteroatoms. The summed E-state index contributed by atoms with van der Waals surface area (Å²) in [5.41, 5.74) is 3.36. The van der Waals surface area contributed by atoms with Crippen LogP contribution >= 0.6 is 11.6 Å². The zero-order chi connectivity index (χ0) is 15.9. The lowest BCUT2D eigenvalue weighted by Crippen LogP contribution is -2.13. The van der Waals surface area contributed by atoms with Crippen LogP contribution in [0.15, 0.2) is 30.3 Å². The van der Waals surface area contributed by atoms with E-state index in [0.717, 1.165) is 16.8 Å². The molecule has 0 spiro atoms. The third kappa shape index (κ3) is 2.44. The number of rotatable bonds is 2. The van der Waals surface area contributed by atoms with Gasteiger partial charge >= 0.3 is 0 Å². The topological polar surface area (TPSA) is 59.8 Å². The number of anilines is 1. The Morgan fingerprint density at radius 3 is 2.73 bits per heavy atom. The summed E-state index contributed by atoms with van der Waals surface area (Å²) in [6, 6.07) is 8.91. The summed E-state index contributed by atoms with van der Waals surface area (Å²) in [5, 5.41) is 8.46. The molecule has 1 N–H and O–H groups in total. The number of carbonyl (C=O) groups is 1. The lowest BCUT2D eigenvalue weighted by molar-refractivity contribution is 0.102. The number of pyridine rings is 1. The van der Waals surface area contributed by atoms with Crippen molar-refractivity contribution in [3.8, 4) is 0 Å². The van der Waals surface area contributed by atoms with Gasteiger partial charge in [-0.3, -0.25) is 9.48 Å². The number of hydrogen-bond acceptors (Lipinski definition) is 3. The van der Waals surface area contributed by atoms with Crippen LogP contribution in [0.3, 0.4) is 0 Å². The number of fused-ring (bicyclic) bond motifs is 1. The third-order valence-electron chi connectivity index (χ3n) is 3.46. The molecule has 0 aliphatic carbocycles. The molecule has 2 aromatic heterocycles. The van der Waals surface area contributed by atoms with Crippen molar-refractivity contribution >= 4 is 34.2 Å². The highest BCUT2D eigenvalue weighted by molar-refractivity contribution is 6.34. The van der Waals surface area contributed by atoms with Crippen molar-refractivity contribution in [2.24, 2.45) is 7.05 Å². The minimum Gasteiger partial charge on any atom is -0.321 e. The predicted molar refractivity (Wildman–Crippen MR) is 87.4 cm³/mol. The van der Waals surface area contributed by atoms with Gasteiger partial charge in [0, 0.05) is 12.7 Å². The second-order valence-corrected chi connectivity index (χ2v) is 5.56. The lowest BCUT2D eigenvalue weighted by Gasteiger charge is -2.09. The number of aryl methyl sites for hydroxylation is 3. The Balaban J connectivity index is 2.10. The van der Waals surface area contributed by atoms with E-state index >= 15 is 0 Å². The van der Waals surface area contributed by atoms with Gasteiger partial charge in [-0.25, -0.2) is 4.98 Å². The minimum atomic E-state index is -0.222. The largest absolute Gasteiger partial charge is 0.321 e. The SMILES string of the molecule is Cc1cc(C(=O)Nc2ccccc2Cl)c2c(C)nn(C)c2n1. The fraction of sp³-hybridized carbons (Fsp3) is 0.188. The van der Waals surface area contributed by atoms with Crippen molar-refractivity contribution in [2.45, 2.75) is 13.8 Å². The van der Waals surface area contributed by atoms with E-state index in [-0.39, 0.29) is 5.91 Å². The number of hydrogen-bond donors (Lipinski definition) is 1. The van der Waals surface area contributed by atoms with Crippen LogP contribution in [-0.4, -0.2) is 20.7 Å². The van der Waals surface area contributed by atoms with Crippen LogP contribution in [0.1, 0.15) is 21.7 Å². The summed E-state index contributed by atoms with van der Waals surface area (Å²) in [4.78, 5) is 17.1. The Bertz CT molecular complexity index is 885. The molecular weight excluding hydrogens is 300 g/mol. The Morgan fingerprint density at radius 1 is 1.27 bits per heavy atom. The van der Waals surface area contributed by atoms with Crippen molar-refractivity contribution in [1.82, 2.24) is 14.8 Å². The molecule has 0 aliphatic rings. The van der Waals surface area contributed by atoms with E-state index in [1.54, 1.807) is 22.9 Å². The quantitative estimate of drug-likeness (QED) is 0.787. The van der Waals surface area contributed by atoms with E-state index in [2.05, 4.69) is 15.4 Å². The number of aromatic nitrogens is 3. The van der Waals surface area contributed by atoms with Gasteiger partial charge in [0.25, 0.3) is 5.91 Å². The Hall–Kier alpha value is -2.40. The molecule has 0 saturated carbocycles. The summed E-state index contributed by atoms with van der Waals surface area (Å²) in [6.45, 7) is 3.72. The molecule has 3 aromatic rings. The average Bonchev–Trinajstić information content (AvgIpc) is 2.75. The van der Waals surface area contributed by atoms with Crippen molar-refractivity contribution in [2.75, 3.05) is 5.32 Å². The smallest absolute Gasteiger partial charge is 0.256 e. The Morgan fingerprint density at radius 2 is 2.00 bits per heavy atom. The van der Waals surface area contributed by atoms with Crippen molar-refractivity contribution < 1.29 is 4.79 Å². The molecule has 0 atom stereocenters. The number of benzene rings is 1.